The van der Waals surface area contributed by atoms with Gasteiger partial charge in [0.25, 0.3) is 0 Å². The lowest BCUT2D eigenvalue weighted by molar-refractivity contribution is -0.157. The van der Waals surface area contributed by atoms with Gasteiger partial charge in [0.2, 0.25) is 0 Å². The van der Waals surface area contributed by atoms with Gasteiger partial charge in [-0.05, 0) is 17.7 Å². The van der Waals surface area contributed by atoms with Gasteiger partial charge in [-0.25, -0.2) is 4.79 Å². The van der Waals surface area contributed by atoms with E-state index in [9.17, 15) is 9.59 Å². The van der Waals surface area contributed by atoms with Crippen LogP contribution in [0, 0.1) is 0 Å². The molecule has 1 aromatic carbocycles. The quantitative estimate of drug-likeness (QED) is 0.582. The zero-order chi connectivity index (χ0) is 12.1. The van der Waals surface area contributed by atoms with Gasteiger partial charge in [0.1, 0.15) is 0 Å². The molecule has 1 rings (SSSR count). The molecule has 0 aliphatic carbocycles. The Morgan fingerprint density at radius 3 is 2.69 bits per heavy atom. The molecule has 0 aliphatic rings. The molecule has 5 heteroatoms. The predicted octanol–water partition coefficient (Wildman–Crippen LogP) is 1.47. The van der Waals surface area contributed by atoms with Crippen LogP contribution in [0.2, 0.25) is 5.02 Å². The van der Waals surface area contributed by atoms with E-state index in [2.05, 4.69) is 4.74 Å². The number of nitrogens with zero attached hydrogens (tertiary/aromatic N) is 1. The van der Waals surface area contributed by atoms with E-state index < -0.39 is 11.9 Å². The number of hydrogen-bond acceptors (Lipinski definition) is 3. The van der Waals surface area contributed by atoms with Crippen LogP contribution in [-0.2, 0) is 20.9 Å². The second-order valence-electron chi connectivity index (χ2n) is 3.28. The van der Waals surface area contributed by atoms with Crippen LogP contribution in [0.1, 0.15) is 5.56 Å². The fraction of sp³-hybridized carbons (Fsp3) is 0.273. The molecule has 0 spiro atoms. The van der Waals surface area contributed by atoms with Crippen molar-refractivity contribution in [3.63, 3.8) is 0 Å². The molecule has 1 aromatic rings. The predicted molar refractivity (Wildman–Crippen MR) is 59.9 cm³/mol. The van der Waals surface area contributed by atoms with Gasteiger partial charge in [0, 0.05) is 18.6 Å². The number of benzene rings is 1. The number of esters is 1. The first-order valence-electron chi connectivity index (χ1n) is 4.62. The highest BCUT2D eigenvalue weighted by Crippen LogP contribution is 2.12. The molecular weight excluding hydrogens is 230 g/mol. The highest BCUT2D eigenvalue weighted by Gasteiger charge is 2.18. The Labute approximate surface area is 98.8 Å². The van der Waals surface area contributed by atoms with Crippen LogP contribution in [0.5, 0.6) is 0 Å². The van der Waals surface area contributed by atoms with Crippen molar-refractivity contribution in [2.45, 2.75) is 6.54 Å². The number of carbonyl (C=O) groups is 2. The molecule has 0 saturated heterocycles. The Morgan fingerprint density at radius 2 is 2.12 bits per heavy atom. The van der Waals surface area contributed by atoms with Gasteiger partial charge in [-0.15, -0.1) is 0 Å². The van der Waals surface area contributed by atoms with Crippen LogP contribution in [0.25, 0.3) is 0 Å². The Kier molecular flexibility index (Phi) is 4.31. The van der Waals surface area contributed by atoms with E-state index in [0.29, 0.717) is 11.6 Å². The monoisotopic (exact) mass is 241 g/mol. The molecule has 4 nitrogen and oxygen atoms in total. The summed E-state index contributed by atoms with van der Waals surface area (Å²) in [6.07, 6.45) is 0. The van der Waals surface area contributed by atoms with Crippen molar-refractivity contribution in [1.29, 1.82) is 0 Å². The molecule has 0 saturated carbocycles. The van der Waals surface area contributed by atoms with E-state index in [1.54, 1.807) is 18.2 Å². The summed E-state index contributed by atoms with van der Waals surface area (Å²) in [6.45, 7) is 0.314. The summed E-state index contributed by atoms with van der Waals surface area (Å²) >= 11 is 5.80. The number of carbonyl (C=O) groups excluding carboxylic acids is 2. The van der Waals surface area contributed by atoms with Gasteiger partial charge in [-0.1, -0.05) is 23.7 Å². The second-order valence-corrected chi connectivity index (χ2v) is 3.72. The van der Waals surface area contributed by atoms with Crippen molar-refractivity contribution in [3.8, 4) is 0 Å². The van der Waals surface area contributed by atoms with Crippen molar-refractivity contribution in [2.75, 3.05) is 14.2 Å². The third kappa shape index (κ3) is 3.24. The summed E-state index contributed by atoms with van der Waals surface area (Å²) in [5.74, 6) is -1.55. The van der Waals surface area contributed by atoms with Crippen molar-refractivity contribution < 1.29 is 14.3 Å². The van der Waals surface area contributed by atoms with Crippen molar-refractivity contribution in [2.24, 2.45) is 0 Å². The average molecular weight is 242 g/mol. The fourth-order valence-electron chi connectivity index (χ4n) is 1.22. The van der Waals surface area contributed by atoms with Gasteiger partial charge >= 0.3 is 11.9 Å². The normalized spacial score (nSPS) is 9.69. The largest absolute Gasteiger partial charge is 0.462 e. The lowest BCUT2D eigenvalue weighted by Crippen LogP contribution is -2.33. The van der Waals surface area contributed by atoms with Crippen molar-refractivity contribution >= 4 is 23.5 Å². The number of halogens is 1. The van der Waals surface area contributed by atoms with Crippen LogP contribution >= 0.6 is 11.6 Å². The molecule has 0 N–H and O–H groups in total. The van der Waals surface area contributed by atoms with Gasteiger partial charge in [0.15, 0.2) is 0 Å². The number of amides is 1. The molecule has 86 valence electrons. The summed E-state index contributed by atoms with van der Waals surface area (Å²) in [5.41, 5.74) is 0.854. The van der Waals surface area contributed by atoms with Crippen LogP contribution in [0.3, 0.4) is 0 Å². The highest BCUT2D eigenvalue weighted by atomic mass is 35.5. The minimum atomic E-state index is -0.871. The molecule has 0 fully saturated rings. The maximum atomic E-state index is 11.4. The summed E-state index contributed by atoms with van der Waals surface area (Å²) in [7, 11) is 2.70. The zero-order valence-corrected chi connectivity index (χ0v) is 9.82. The molecule has 0 unspecified atom stereocenters. The van der Waals surface area contributed by atoms with Crippen LogP contribution in [0.15, 0.2) is 24.3 Å². The first-order valence-corrected chi connectivity index (χ1v) is 5.00. The number of methoxy groups -OCH3 is 1. The Bertz CT molecular complexity index is 406. The first-order chi connectivity index (χ1) is 7.54. The van der Waals surface area contributed by atoms with Crippen molar-refractivity contribution in [1.82, 2.24) is 4.90 Å². The van der Waals surface area contributed by atoms with Gasteiger partial charge in [-0.3, -0.25) is 4.79 Å². The third-order valence-corrected chi connectivity index (χ3v) is 2.25. The highest BCUT2D eigenvalue weighted by molar-refractivity contribution is 6.32. The molecule has 1 amide bonds. The standard InChI is InChI=1S/C11H12ClNO3/c1-13(10(14)11(15)16-2)7-8-4-3-5-9(12)6-8/h3-6H,7H2,1-2H3. The van der Waals surface area contributed by atoms with Gasteiger partial charge in [0.05, 0.1) is 7.11 Å². The number of rotatable bonds is 2. The lowest BCUT2D eigenvalue weighted by atomic mass is 10.2. The van der Waals surface area contributed by atoms with Crippen LogP contribution in [0.4, 0.5) is 0 Å². The lowest BCUT2D eigenvalue weighted by Gasteiger charge is -2.15. The maximum Gasteiger partial charge on any atom is 0.396 e. The Hall–Kier alpha value is -1.55. The number of likely N-dealkylation sites (N-methyl/N-ethyl adjacent to an activating group) is 1. The van der Waals surface area contributed by atoms with E-state index >= 15 is 0 Å². The second kappa shape index (κ2) is 5.51. The SMILES string of the molecule is COC(=O)C(=O)N(C)Cc1cccc(Cl)c1. The van der Waals surface area contributed by atoms with Crippen LogP contribution in [-0.4, -0.2) is 30.9 Å². The maximum absolute atomic E-state index is 11.4. The minimum absolute atomic E-state index is 0.314. The van der Waals surface area contributed by atoms with E-state index in [1.165, 1.54) is 19.1 Å². The van der Waals surface area contributed by atoms with E-state index in [4.69, 9.17) is 11.6 Å². The van der Waals surface area contributed by atoms with Gasteiger partial charge in [-0.2, -0.15) is 0 Å². The Balaban J connectivity index is 2.67. The summed E-state index contributed by atoms with van der Waals surface area (Å²) in [4.78, 5) is 23.6. The van der Waals surface area contributed by atoms with Gasteiger partial charge < -0.3 is 9.64 Å². The molecule has 0 aromatic heterocycles. The molecular formula is C11H12ClNO3. The van der Waals surface area contributed by atoms with Crippen molar-refractivity contribution in [3.05, 3.63) is 34.9 Å². The third-order valence-electron chi connectivity index (χ3n) is 2.02. The van der Waals surface area contributed by atoms with E-state index in [1.807, 2.05) is 6.07 Å². The smallest absolute Gasteiger partial charge is 0.396 e. The summed E-state index contributed by atoms with van der Waals surface area (Å²) < 4.78 is 4.34. The molecule has 0 bridgehead atoms. The first kappa shape index (κ1) is 12.5. The molecule has 0 heterocycles. The molecule has 0 radical (unpaired) electrons. The number of hydrogen-bond donors (Lipinski definition) is 0. The summed E-state index contributed by atoms with van der Waals surface area (Å²) in [5, 5.41) is 0.594. The Morgan fingerprint density at radius 1 is 1.44 bits per heavy atom. The fourth-order valence-corrected chi connectivity index (χ4v) is 1.44. The summed E-state index contributed by atoms with van der Waals surface area (Å²) in [6, 6.07) is 7.09. The van der Waals surface area contributed by atoms with Crippen LogP contribution < -0.4 is 0 Å². The molecule has 0 atom stereocenters. The van der Waals surface area contributed by atoms with E-state index in [0.717, 1.165) is 5.56 Å². The zero-order valence-electron chi connectivity index (χ0n) is 9.07. The van der Waals surface area contributed by atoms with E-state index in [-0.39, 0.29) is 0 Å². The molecule has 0 aliphatic heterocycles. The number of ether oxygens (including phenoxy) is 1. The topological polar surface area (TPSA) is 46.6 Å². The minimum Gasteiger partial charge on any atom is -0.462 e. The average Bonchev–Trinajstić information content (AvgIpc) is 2.27. The molecule has 16 heavy (non-hydrogen) atoms.